The average Bonchev–Trinajstić information content (AvgIpc) is 3.52. The van der Waals surface area contributed by atoms with Crippen LogP contribution in [0.2, 0.25) is 10.0 Å². The maximum absolute atomic E-state index is 12.0. The van der Waals surface area contributed by atoms with Crippen LogP contribution in [-0.2, 0) is 4.74 Å². The fourth-order valence-corrected chi connectivity index (χ4v) is 4.90. The Hall–Kier alpha value is -4.42. The van der Waals surface area contributed by atoms with Gasteiger partial charge in [0.05, 0.1) is 15.6 Å². The molecule has 5 rings (SSSR count). The van der Waals surface area contributed by atoms with Gasteiger partial charge in [-0.2, -0.15) is 10.5 Å². The van der Waals surface area contributed by atoms with E-state index in [9.17, 15) is 9.59 Å². The molecule has 0 atom stereocenters. The molecule has 0 saturated carbocycles. The monoisotopic (exact) mass is 631 g/mol. The van der Waals surface area contributed by atoms with Crippen LogP contribution in [0.4, 0.5) is 21.2 Å². The first kappa shape index (κ1) is 31.5. The van der Waals surface area contributed by atoms with E-state index >= 15 is 0 Å². The molecule has 2 saturated heterocycles. The number of pyridine rings is 2. The number of aromatic nitrogens is 6. The van der Waals surface area contributed by atoms with Gasteiger partial charge in [-0.05, 0) is 38.1 Å². The van der Waals surface area contributed by atoms with Crippen LogP contribution in [0.15, 0.2) is 24.5 Å². The molecule has 3 aromatic heterocycles. The molecule has 5 heterocycles. The third-order valence-electron chi connectivity index (χ3n) is 6.46. The van der Waals surface area contributed by atoms with Gasteiger partial charge >= 0.3 is 12.2 Å². The average molecular weight is 633 g/mol. The van der Waals surface area contributed by atoms with E-state index in [0.29, 0.717) is 91.0 Å². The molecule has 2 N–H and O–H groups in total. The quantitative estimate of drug-likeness (QED) is 0.430. The van der Waals surface area contributed by atoms with Crippen LogP contribution in [0.3, 0.4) is 0 Å². The fourth-order valence-electron chi connectivity index (χ4n) is 4.33. The number of hydrogen-bond acceptors (Lipinski definition) is 11. The third-order valence-corrected chi connectivity index (χ3v) is 7.01. The van der Waals surface area contributed by atoms with Crippen LogP contribution in [0.25, 0.3) is 11.4 Å². The Bertz CT molecular complexity index is 1460. The van der Waals surface area contributed by atoms with Crippen LogP contribution < -0.4 is 9.80 Å². The smallest absolute Gasteiger partial charge is 0.410 e. The van der Waals surface area contributed by atoms with Crippen molar-refractivity contribution in [2.24, 2.45) is 0 Å². The molecule has 2 amide bonds. The van der Waals surface area contributed by atoms with Gasteiger partial charge in [0.25, 0.3) is 0 Å². The second-order valence-electron chi connectivity index (χ2n) is 10.6. The van der Waals surface area contributed by atoms with Crippen LogP contribution in [0.1, 0.15) is 26.3 Å². The Morgan fingerprint density at radius 3 is 1.95 bits per heavy atom. The SMILES string of the molecule is CC(C)(C)OC(=O)N1CCN(c2ncc(C#N)cc2Cl)CC1.O=C(O)N1CCN(c2ncc(-c3nn[nH]n3)cc2Cl)CC1. The molecule has 2 aliphatic rings. The van der Waals surface area contributed by atoms with Crippen molar-refractivity contribution < 1.29 is 19.4 Å². The summed E-state index contributed by atoms with van der Waals surface area (Å²) in [5.74, 6) is 1.70. The number of piperazine rings is 2. The van der Waals surface area contributed by atoms with Crippen molar-refractivity contribution >= 4 is 47.0 Å². The van der Waals surface area contributed by atoms with Gasteiger partial charge < -0.3 is 29.4 Å². The maximum Gasteiger partial charge on any atom is 0.410 e. The summed E-state index contributed by atoms with van der Waals surface area (Å²) in [5.41, 5.74) is 0.606. The first-order chi connectivity index (χ1) is 20.4. The highest BCUT2D eigenvalue weighted by Gasteiger charge is 2.27. The topological polar surface area (TPSA) is 181 Å². The maximum atomic E-state index is 12.0. The summed E-state index contributed by atoms with van der Waals surface area (Å²) in [7, 11) is 0. The molecule has 0 spiro atoms. The predicted molar refractivity (Wildman–Crippen MR) is 158 cm³/mol. The van der Waals surface area contributed by atoms with Gasteiger partial charge in [-0.3, -0.25) is 0 Å². The minimum atomic E-state index is -0.902. The molecular weight excluding hydrogens is 601 g/mol. The van der Waals surface area contributed by atoms with Crippen LogP contribution >= 0.6 is 23.2 Å². The number of H-pyrrole nitrogens is 1. The molecule has 0 aromatic carbocycles. The Kier molecular flexibility index (Phi) is 10.0. The van der Waals surface area contributed by atoms with Crippen LogP contribution in [0, 0.1) is 11.3 Å². The predicted octanol–water partition coefficient (Wildman–Crippen LogP) is 3.38. The van der Waals surface area contributed by atoms with E-state index in [0.717, 1.165) is 0 Å². The van der Waals surface area contributed by atoms with Crippen LogP contribution in [-0.4, -0.2) is 116 Å². The van der Waals surface area contributed by atoms with Gasteiger partial charge in [0.2, 0.25) is 5.82 Å². The van der Waals surface area contributed by atoms with Gasteiger partial charge in [-0.25, -0.2) is 19.6 Å². The largest absolute Gasteiger partial charge is 0.465 e. The number of ether oxygens (including phenoxy) is 1. The Balaban J connectivity index is 0.000000197. The van der Waals surface area contributed by atoms with Crippen molar-refractivity contribution in [3.63, 3.8) is 0 Å². The minimum Gasteiger partial charge on any atom is -0.465 e. The lowest BCUT2D eigenvalue weighted by Crippen LogP contribution is -2.50. The molecule has 0 bridgehead atoms. The number of nitrogens with one attached hydrogen (secondary N) is 1. The van der Waals surface area contributed by atoms with Gasteiger partial charge in [0.15, 0.2) is 0 Å². The number of hydrogen-bond donors (Lipinski definition) is 2. The number of halogens is 2. The molecule has 228 valence electrons. The Labute approximate surface area is 257 Å². The molecule has 2 fully saturated rings. The molecule has 43 heavy (non-hydrogen) atoms. The van der Waals surface area contributed by atoms with Gasteiger partial charge in [0.1, 0.15) is 23.3 Å². The van der Waals surface area contributed by atoms with E-state index in [1.165, 1.54) is 11.1 Å². The highest BCUT2D eigenvalue weighted by atomic mass is 35.5. The number of carboxylic acid groups (broad SMARTS) is 1. The standard InChI is InChI=1S/C15H19ClN4O2.C11H12ClN7O2/c1-15(2,3)22-14(21)20-6-4-19(5-7-20)13-12(16)8-11(9-17)10-18-13;12-8-5-7(9-14-16-17-15-9)6-13-10(8)18-1-3-19(4-2-18)11(20)21/h8,10H,4-7H2,1-3H3;5-6H,1-4H2,(H,20,21)(H,14,15,16,17). The minimum absolute atomic E-state index is 0.300. The lowest BCUT2D eigenvalue weighted by molar-refractivity contribution is 0.0240. The number of nitrogens with zero attached hydrogens (tertiary/aromatic N) is 10. The molecule has 2 aliphatic heterocycles. The number of aromatic amines is 1. The molecular formula is C26H31Cl2N11O4. The van der Waals surface area contributed by atoms with E-state index < -0.39 is 11.7 Å². The van der Waals surface area contributed by atoms with E-state index in [1.807, 2.05) is 36.6 Å². The van der Waals surface area contributed by atoms with Gasteiger partial charge in [-0.1, -0.05) is 23.2 Å². The summed E-state index contributed by atoms with van der Waals surface area (Å²) >= 11 is 12.4. The summed E-state index contributed by atoms with van der Waals surface area (Å²) in [4.78, 5) is 38.5. The van der Waals surface area contributed by atoms with Crippen molar-refractivity contribution in [3.05, 3.63) is 40.1 Å². The van der Waals surface area contributed by atoms with Crippen molar-refractivity contribution in [1.29, 1.82) is 5.26 Å². The van der Waals surface area contributed by atoms with E-state index in [-0.39, 0.29) is 6.09 Å². The Morgan fingerprint density at radius 1 is 0.930 bits per heavy atom. The lowest BCUT2D eigenvalue weighted by Gasteiger charge is -2.36. The fraction of sp³-hybridized carbons (Fsp3) is 0.462. The zero-order chi connectivity index (χ0) is 31.1. The highest BCUT2D eigenvalue weighted by molar-refractivity contribution is 6.33. The molecule has 17 heteroatoms. The molecule has 15 nitrogen and oxygen atoms in total. The number of nitriles is 1. The second kappa shape index (κ2) is 13.7. The zero-order valence-corrected chi connectivity index (χ0v) is 25.4. The van der Waals surface area contributed by atoms with Crippen LogP contribution in [0.5, 0.6) is 0 Å². The summed E-state index contributed by atoms with van der Waals surface area (Å²) in [5, 5.41) is 32.3. The zero-order valence-electron chi connectivity index (χ0n) is 23.9. The number of anilines is 2. The van der Waals surface area contributed by atoms with Gasteiger partial charge in [0, 0.05) is 70.3 Å². The first-order valence-corrected chi connectivity index (χ1v) is 14.1. The number of tetrazole rings is 1. The van der Waals surface area contributed by atoms with E-state index in [4.69, 9.17) is 38.3 Å². The van der Waals surface area contributed by atoms with E-state index in [2.05, 4.69) is 30.6 Å². The normalized spacial score (nSPS) is 15.3. The first-order valence-electron chi connectivity index (χ1n) is 13.4. The lowest BCUT2D eigenvalue weighted by atomic mass is 10.2. The van der Waals surface area contributed by atoms with Crippen molar-refractivity contribution in [3.8, 4) is 17.5 Å². The Morgan fingerprint density at radius 2 is 1.49 bits per heavy atom. The molecule has 0 aliphatic carbocycles. The highest BCUT2D eigenvalue weighted by Crippen LogP contribution is 2.28. The third kappa shape index (κ3) is 8.33. The van der Waals surface area contributed by atoms with Crippen molar-refractivity contribution in [2.75, 3.05) is 62.2 Å². The summed E-state index contributed by atoms with van der Waals surface area (Å²) in [6, 6.07) is 5.33. The van der Waals surface area contributed by atoms with Gasteiger partial charge in [-0.15, -0.1) is 10.2 Å². The summed E-state index contributed by atoms with van der Waals surface area (Å²) in [6.07, 6.45) is 1.92. The number of amides is 2. The molecule has 0 unspecified atom stereocenters. The number of carbonyl (C=O) groups is 2. The number of carbonyl (C=O) groups excluding carboxylic acids is 1. The molecule has 3 aromatic rings. The summed E-state index contributed by atoms with van der Waals surface area (Å²) in [6.45, 7) is 9.86. The van der Waals surface area contributed by atoms with Crippen molar-refractivity contribution in [1.82, 2.24) is 40.4 Å². The molecule has 0 radical (unpaired) electrons. The second-order valence-corrected chi connectivity index (χ2v) is 11.4. The van der Waals surface area contributed by atoms with Crippen molar-refractivity contribution in [2.45, 2.75) is 26.4 Å². The summed E-state index contributed by atoms with van der Waals surface area (Å²) < 4.78 is 5.36. The van der Waals surface area contributed by atoms with E-state index in [1.54, 1.807) is 23.2 Å². The number of rotatable bonds is 3.